The van der Waals surface area contributed by atoms with Crippen molar-refractivity contribution >= 4 is 23.2 Å². The lowest BCUT2D eigenvalue weighted by Crippen LogP contribution is -2.12. The van der Waals surface area contributed by atoms with Gasteiger partial charge in [-0.1, -0.05) is 23.7 Å². The van der Waals surface area contributed by atoms with E-state index >= 15 is 0 Å². The summed E-state index contributed by atoms with van der Waals surface area (Å²) < 4.78 is 0. The minimum absolute atomic E-state index is 0.0184. The summed E-state index contributed by atoms with van der Waals surface area (Å²) >= 11 is 5.72. The Morgan fingerprint density at radius 2 is 2.17 bits per heavy atom. The zero-order valence-electron chi connectivity index (χ0n) is 9.64. The number of pyridine rings is 1. The second kappa shape index (κ2) is 5.06. The number of benzene rings is 1. The molecular weight excluding hydrogens is 252 g/mol. The van der Waals surface area contributed by atoms with E-state index in [0.29, 0.717) is 16.4 Å². The number of carbonyl (C=O) groups is 1. The Kier molecular flexibility index (Phi) is 3.48. The fourth-order valence-electron chi connectivity index (χ4n) is 1.52. The third-order valence-corrected chi connectivity index (χ3v) is 2.67. The molecule has 1 aromatic heterocycles. The summed E-state index contributed by atoms with van der Waals surface area (Å²) in [5.41, 5.74) is 1.40. The van der Waals surface area contributed by atoms with Crippen LogP contribution in [0.4, 0.5) is 5.69 Å². The zero-order valence-corrected chi connectivity index (χ0v) is 10.4. The molecule has 0 saturated carbocycles. The van der Waals surface area contributed by atoms with Crippen LogP contribution in [0.2, 0.25) is 5.15 Å². The van der Waals surface area contributed by atoms with Gasteiger partial charge in [-0.25, -0.2) is 4.98 Å². The molecule has 4 nitrogen and oxygen atoms in total. The van der Waals surface area contributed by atoms with E-state index in [2.05, 4.69) is 10.3 Å². The molecule has 1 aromatic carbocycles. The molecule has 18 heavy (non-hydrogen) atoms. The van der Waals surface area contributed by atoms with Crippen molar-refractivity contribution < 1.29 is 9.90 Å². The lowest BCUT2D eigenvalue weighted by molar-refractivity contribution is 0.102. The smallest absolute Gasteiger partial charge is 0.259 e. The van der Waals surface area contributed by atoms with E-state index in [1.807, 2.05) is 0 Å². The third-order valence-electron chi connectivity index (χ3n) is 2.47. The highest BCUT2D eigenvalue weighted by Crippen LogP contribution is 2.22. The minimum atomic E-state index is -0.390. The predicted molar refractivity (Wildman–Crippen MR) is 70.0 cm³/mol. The molecule has 1 amide bonds. The van der Waals surface area contributed by atoms with Gasteiger partial charge in [0, 0.05) is 11.9 Å². The van der Waals surface area contributed by atoms with Crippen molar-refractivity contribution in [2.75, 3.05) is 5.32 Å². The second-order valence-corrected chi connectivity index (χ2v) is 4.18. The molecule has 0 spiro atoms. The first-order chi connectivity index (χ1) is 8.58. The molecule has 0 bridgehead atoms. The first-order valence-corrected chi connectivity index (χ1v) is 5.67. The highest BCUT2D eigenvalue weighted by atomic mass is 35.5. The van der Waals surface area contributed by atoms with Crippen molar-refractivity contribution in [3.63, 3.8) is 0 Å². The van der Waals surface area contributed by atoms with Gasteiger partial charge < -0.3 is 10.4 Å². The molecule has 2 rings (SSSR count). The summed E-state index contributed by atoms with van der Waals surface area (Å²) in [6.45, 7) is 1.73. The van der Waals surface area contributed by atoms with Crippen LogP contribution in [0.15, 0.2) is 36.5 Å². The van der Waals surface area contributed by atoms with Gasteiger partial charge in [-0.3, -0.25) is 4.79 Å². The number of hydrogen-bond donors (Lipinski definition) is 2. The Bertz CT molecular complexity index is 599. The second-order valence-electron chi connectivity index (χ2n) is 3.79. The molecule has 0 aliphatic carbocycles. The number of aromatic nitrogens is 1. The third kappa shape index (κ3) is 2.60. The van der Waals surface area contributed by atoms with Gasteiger partial charge in [0.05, 0.1) is 5.56 Å². The van der Waals surface area contributed by atoms with Gasteiger partial charge in [-0.15, -0.1) is 0 Å². The van der Waals surface area contributed by atoms with Gasteiger partial charge in [0.15, 0.2) is 0 Å². The van der Waals surface area contributed by atoms with Gasteiger partial charge in [0.25, 0.3) is 5.91 Å². The summed E-state index contributed by atoms with van der Waals surface area (Å²) in [5.74, 6) is -0.409. The lowest BCUT2D eigenvalue weighted by atomic mass is 10.1. The Morgan fingerprint density at radius 1 is 1.39 bits per heavy atom. The minimum Gasteiger partial charge on any atom is -0.507 e. The van der Waals surface area contributed by atoms with Crippen LogP contribution < -0.4 is 5.32 Å². The fraction of sp³-hybridized carbons (Fsp3) is 0.0769. The van der Waals surface area contributed by atoms with Crippen LogP contribution in [0.1, 0.15) is 15.9 Å². The number of carbonyl (C=O) groups excluding carboxylic acids is 1. The predicted octanol–water partition coefficient (Wildman–Crippen LogP) is 3.00. The number of rotatable bonds is 2. The molecule has 0 radical (unpaired) electrons. The van der Waals surface area contributed by atoms with Crippen LogP contribution >= 0.6 is 11.6 Å². The number of nitrogens with zero attached hydrogens (tertiary/aromatic N) is 1. The number of para-hydroxylation sites is 1. The van der Waals surface area contributed by atoms with Crippen molar-refractivity contribution in [1.82, 2.24) is 4.98 Å². The number of phenols is 1. The zero-order chi connectivity index (χ0) is 13.1. The van der Waals surface area contributed by atoms with E-state index < -0.39 is 5.91 Å². The summed E-state index contributed by atoms with van der Waals surface area (Å²) in [6.07, 6.45) is 1.49. The molecule has 5 heteroatoms. The highest BCUT2D eigenvalue weighted by Gasteiger charge is 2.12. The van der Waals surface area contributed by atoms with E-state index in [-0.39, 0.29) is 11.3 Å². The maximum atomic E-state index is 12.0. The average molecular weight is 263 g/mol. The largest absolute Gasteiger partial charge is 0.507 e. The number of hydrogen-bond acceptors (Lipinski definition) is 3. The van der Waals surface area contributed by atoms with E-state index in [4.69, 9.17) is 11.6 Å². The molecule has 2 aromatic rings. The van der Waals surface area contributed by atoms with Crippen molar-refractivity contribution in [2.45, 2.75) is 6.92 Å². The number of aryl methyl sites for hydroxylation is 1. The SMILES string of the molecule is Cc1cccc(C(=O)Nc2ccnc(Cl)c2)c1O. The van der Waals surface area contributed by atoms with E-state index in [1.165, 1.54) is 12.3 Å². The molecule has 0 aliphatic heterocycles. The van der Waals surface area contributed by atoms with Crippen LogP contribution in [-0.2, 0) is 0 Å². The molecule has 0 saturated heterocycles. The number of anilines is 1. The van der Waals surface area contributed by atoms with Crippen LogP contribution in [0.25, 0.3) is 0 Å². The first-order valence-electron chi connectivity index (χ1n) is 5.29. The van der Waals surface area contributed by atoms with Gasteiger partial charge in [0.1, 0.15) is 10.9 Å². The number of phenolic OH excluding ortho intramolecular Hbond substituents is 1. The standard InChI is InChI=1S/C13H11ClN2O2/c1-8-3-2-4-10(12(8)17)13(18)16-9-5-6-15-11(14)7-9/h2-7,17H,1H3,(H,15,16,18). The molecule has 1 heterocycles. The van der Waals surface area contributed by atoms with Crippen molar-refractivity contribution in [3.05, 3.63) is 52.8 Å². The van der Waals surface area contributed by atoms with Crippen molar-refractivity contribution in [3.8, 4) is 5.75 Å². The van der Waals surface area contributed by atoms with Crippen LogP contribution in [0, 0.1) is 6.92 Å². The summed E-state index contributed by atoms with van der Waals surface area (Å²) in [5, 5.41) is 12.7. The van der Waals surface area contributed by atoms with Crippen molar-refractivity contribution in [2.24, 2.45) is 0 Å². The van der Waals surface area contributed by atoms with Crippen molar-refractivity contribution in [1.29, 1.82) is 0 Å². The first kappa shape index (κ1) is 12.4. The number of amides is 1. The summed E-state index contributed by atoms with van der Waals surface area (Å²) in [7, 11) is 0. The normalized spacial score (nSPS) is 10.1. The Balaban J connectivity index is 2.25. The number of nitrogens with one attached hydrogen (secondary N) is 1. The Morgan fingerprint density at radius 3 is 2.89 bits per heavy atom. The molecule has 0 fully saturated rings. The van der Waals surface area contributed by atoms with E-state index in [0.717, 1.165) is 0 Å². The molecule has 0 unspecified atom stereocenters. The molecule has 92 valence electrons. The Labute approximate surface area is 109 Å². The molecule has 0 atom stereocenters. The summed E-state index contributed by atoms with van der Waals surface area (Å²) in [6, 6.07) is 8.16. The van der Waals surface area contributed by atoms with Gasteiger partial charge >= 0.3 is 0 Å². The highest BCUT2D eigenvalue weighted by molar-refractivity contribution is 6.29. The van der Waals surface area contributed by atoms with Crippen LogP contribution in [0.5, 0.6) is 5.75 Å². The molecular formula is C13H11ClN2O2. The maximum absolute atomic E-state index is 12.0. The van der Waals surface area contributed by atoms with Crippen LogP contribution in [-0.4, -0.2) is 16.0 Å². The fourth-order valence-corrected chi connectivity index (χ4v) is 1.69. The van der Waals surface area contributed by atoms with Gasteiger partial charge in [0.2, 0.25) is 0 Å². The molecule has 0 aliphatic rings. The monoisotopic (exact) mass is 262 g/mol. The topological polar surface area (TPSA) is 62.2 Å². The maximum Gasteiger partial charge on any atom is 0.259 e. The van der Waals surface area contributed by atoms with Gasteiger partial charge in [-0.05, 0) is 30.7 Å². The van der Waals surface area contributed by atoms with Gasteiger partial charge in [-0.2, -0.15) is 0 Å². The summed E-state index contributed by atoms with van der Waals surface area (Å²) in [4.78, 5) is 15.8. The number of aromatic hydroxyl groups is 1. The molecule has 2 N–H and O–H groups in total. The van der Waals surface area contributed by atoms with Crippen LogP contribution in [0.3, 0.4) is 0 Å². The Hall–Kier alpha value is -2.07. The van der Waals surface area contributed by atoms with E-state index in [9.17, 15) is 9.90 Å². The lowest BCUT2D eigenvalue weighted by Gasteiger charge is -2.08. The average Bonchev–Trinajstić information content (AvgIpc) is 2.32. The van der Waals surface area contributed by atoms with E-state index in [1.54, 1.807) is 31.2 Å². The number of halogens is 1. The quantitative estimate of drug-likeness (QED) is 0.818.